The SMILES string of the molecule is O=C(CSc1nnc(-c2ccccc2O)n1C[C@@H]1CCCO1)Nc1cccc(C(F)(F)F)c1. The molecule has 4 rings (SSSR count). The minimum absolute atomic E-state index is 0.0381. The Bertz CT molecular complexity index is 1130. The van der Waals surface area contributed by atoms with Gasteiger partial charge in [0.2, 0.25) is 5.91 Å². The first kappa shape index (κ1) is 23.1. The third-order valence-corrected chi connectivity index (χ3v) is 6.04. The summed E-state index contributed by atoms with van der Waals surface area (Å²) in [4.78, 5) is 12.4. The Kier molecular flexibility index (Phi) is 6.89. The van der Waals surface area contributed by atoms with Crippen LogP contribution < -0.4 is 5.32 Å². The lowest BCUT2D eigenvalue weighted by atomic mass is 10.2. The van der Waals surface area contributed by atoms with Crippen molar-refractivity contribution >= 4 is 23.4 Å². The number of halogens is 3. The van der Waals surface area contributed by atoms with Crippen LogP contribution in [-0.2, 0) is 22.3 Å². The molecule has 1 aliphatic rings. The maximum Gasteiger partial charge on any atom is 0.416 e. The number of anilines is 1. The van der Waals surface area contributed by atoms with Crippen LogP contribution >= 0.6 is 11.8 Å². The van der Waals surface area contributed by atoms with Crippen LogP contribution in [0.25, 0.3) is 11.4 Å². The van der Waals surface area contributed by atoms with Crippen molar-refractivity contribution in [3.8, 4) is 17.1 Å². The van der Waals surface area contributed by atoms with E-state index in [1.807, 2.05) is 0 Å². The number of ether oxygens (including phenoxy) is 1. The van der Waals surface area contributed by atoms with E-state index in [4.69, 9.17) is 4.74 Å². The Balaban J connectivity index is 1.49. The molecule has 1 saturated heterocycles. The largest absolute Gasteiger partial charge is 0.507 e. The third-order valence-electron chi connectivity index (χ3n) is 5.08. The molecule has 2 N–H and O–H groups in total. The number of nitrogens with one attached hydrogen (secondary N) is 1. The number of aromatic nitrogens is 3. The molecule has 0 saturated carbocycles. The number of para-hydroxylation sites is 1. The van der Waals surface area contributed by atoms with Crippen molar-refractivity contribution in [3.05, 3.63) is 54.1 Å². The Labute approximate surface area is 192 Å². The smallest absolute Gasteiger partial charge is 0.416 e. The predicted octanol–water partition coefficient (Wildman–Crippen LogP) is 4.58. The summed E-state index contributed by atoms with van der Waals surface area (Å²) in [6.45, 7) is 1.12. The highest BCUT2D eigenvalue weighted by Crippen LogP contribution is 2.32. The first-order valence-electron chi connectivity index (χ1n) is 10.2. The molecule has 0 radical (unpaired) electrons. The number of aromatic hydroxyl groups is 1. The first-order valence-corrected chi connectivity index (χ1v) is 11.2. The number of amides is 1. The summed E-state index contributed by atoms with van der Waals surface area (Å²) >= 11 is 1.11. The molecule has 174 valence electrons. The maximum atomic E-state index is 12.9. The topological polar surface area (TPSA) is 89.3 Å². The van der Waals surface area contributed by atoms with E-state index in [1.54, 1.807) is 28.8 Å². The molecule has 0 spiro atoms. The summed E-state index contributed by atoms with van der Waals surface area (Å²) < 4.78 is 46.2. The Hall–Kier alpha value is -3.05. The van der Waals surface area contributed by atoms with E-state index in [9.17, 15) is 23.1 Å². The van der Waals surface area contributed by atoms with E-state index in [1.165, 1.54) is 12.1 Å². The molecule has 7 nitrogen and oxygen atoms in total. The monoisotopic (exact) mass is 478 g/mol. The molecule has 0 bridgehead atoms. The number of nitrogens with zero attached hydrogens (tertiary/aromatic N) is 3. The molecule has 11 heteroatoms. The number of benzene rings is 2. The number of carbonyl (C=O) groups excluding carboxylic acids is 1. The lowest BCUT2D eigenvalue weighted by molar-refractivity contribution is -0.137. The highest BCUT2D eigenvalue weighted by atomic mass is 32.2. The van der Waals surface area contributed by atoms with Gasteiger partial charge in [-0.2, -0.15) is 13.2 Å². The average molecular weight is 478 g/mol. The summed E-state index contributed by atoms with van der Waals surface area (Å²) in [5.74, 6) is -0.0578. The first-order chi connectivity index (χ1) is 15.8. The van der Waals surface area contributed by atoms with Crippen LogP contribution in [0, 0.1) is 0 Å². The summed E-state index contributed by atoms with van der Waals surface area (Å²) in [5.41, 5.74) is -0.272. The van der Waals surface area contributed by atoms with Crippen LogP contribution in [0.2, 0.25) is 0 Å². The fraction of sp³-hybridized carbons (Fsp3) is 0.318. The number of phenols is 1. The highest BCUT2D eigenvalue weighted by Gasteiger charge is 2.30. The molecule has 1 amide bonds. The van der Waals surface area contributed by atoms with E-state index < -0.39 is 17.6 Å². The van der Waals surface area contributed by atoms with Gasteiger partial charge in [0.25, 0.3) is 0 Å². The molecule has 0 unspecified atom stereocenters. The standard InChI is InChI=1S/C22H21F3N4O3S/c23-22(24,25)14-5-3-6-15(11-14)26-19(31)13-33-21-28-27-20(17-8-1-2-9-18(17)30)29(21)12-16-7-4-10-32-16/h1-3,5-6,8-9,11,16,30H,4,7,10,12-13H2,(H,26,31)/t16-/m0/s1. The molecular formula is C22H21F3N4O3S. The molecular weight excluding hydrogens is 457 g/mol. The van der Waals surface area contributed by atoms with Crippen LogP contribution in [0.4, 0.5) is 18.9 Å². The quantitative estimate of drug-likeness (QED) is 0.484. The van der Waals surface area contributed by atoms with Crippen molar-refractivity contribution in [1.29, 1.82) is 0 Å². The molecule has 1 aromatic heterocycles. The molecule has 2 heterocycles. The van der Waals surface area contributed by atoms with Crippen LogP contribution in [-0.4, -0.2) is 44.2 Å². The number of thioether (sulfide) groups is 1. The summed E-state index contributed by atoms with van der Waals surface area (Å²) in [6, 6.07) is 11.2. The van der Waals surface area contributed by atoms with Crippen LogP contribution in [0.3, 0.4) is 0 Å². The van der Waals surface area contributed by atoms with Gasteiger partial charge in [-0.15, -0.1) is 10.2 Å². The number of hydrogen-bond acceptors (Lipinski definition) is 6. The van der Waals surface area contributed by atoms with Crippen molar-refractivity contribution < 1.29 is 27.8 Å². The van der Waals surface area contributed by atoms with Gasteiger partial charge in [-0.25, -0.2) is 0 Å². The second kappa shape index (κ2) is 9.84. The van der Waals surface area contributed by atoms with Gasteiger partial charge in [0.1, 0.15) is 5.75 Å². The van der Waals surface area contributed by atoms with E-state index in [0.29, 0.717) is 29.7 Å². The zero-order chi connectivity index (χ0) is 23.4. The Morgan fingerprint density at radius 2 is 2.03 bits per heavy atom. The van der Waals surface area contributed by atoms with Gasteiger partial charge in [-0.05, 0) is 43.2 Å². The van der Waals surface area contributed by atoms with Gasteiger partial charge in [0.15, 0.2) is 11.0 Å². The zero-order valence-electron chi connectivity index (χ0n) is 17.4. The number of carbonyl (C=O) groups is 1. The van der Waals surface area contributed by atoms with Crippen LogP contribution in [0.5, 0.6) is 5.75 Å². The molecule has 0 aliphatic carbocycles. The number of hydrogen-bond donors (Lipinski definition) is 2. The van der Waals surface area contributed by atoms with Gasteiger partial charge in [0, 0.05) is 12.3 Å². The molecule has 3 aromatic rings. The zero-order valence-corrected chi connectivity index (χ0v) is 18.2. The summed E-state index contributed by atoms with van der Waals surface area (Å²) in [7, 11) is 0. The highest BCUT2D eigenvalue weighted by molar-refractivity contribution is 7.99. The predicted molar refractivity (Wildman–Crippen MR) is 117 cm³/mol. The summed E-state index contributed by atoms with van der Waals surface area (Å²) in [5, 5.41) is 21.6. The van der Waals surface area contributed by atoms with Crippen molar-refractivity contribution in [2.75, 3.05) is 17.7 Å². The molecule has 1 aliphatic heterocycles. The molecule has 1 atom stereocenters. The lowest BCUT2D eigenvalue weighted by Crippen LogP contribution is -2.18. The second-order valence-corrected chi connectivity index (χ2v) is 8.43. The van der Waals surface area contributed by atoms with Gasteiger partial charge in [0.05, 0.1) is 29.5 Å². The van der Waals surface area contributed by atoms with Crippen molar-refractivity contribution in [3.63, 3.8) is 0 Å². The van der Waals surface area contributed by atoms with Crippen LogP contribution in [0.15, 0.2) is 53.7 Å². The average Bonchev–Trinajstić information content (AvgIpc) is 3.43. The van der Waals surface area contributed by atoms with Crippen LogP contribution in [0.1, 0.15) is 18.4 Å². The molecule has 1 fully saturated rings. The Morgan fingerprint density at radius 1 is 1.21 bits per heavy atom. The fourth-order valence-electron chi connectivity index (χ4n) is 3.51. The molecule has 2 aromatic carbocycles. The van der Waals surface area contributed by atoms with Gasteiger partial charge in [-0.1, -0.05) is 30.0 Å². The third kappa shape index (κ3) is 5.66. The Morgan fingerprint density at radius 3 is 2.76 bits per heavy atom. The maximum absolute atomic E-state index is 12.9. The van der Waals surface area contributed by atoms with E-state index in [0.717, 1.165) is 36.7 Å². The van der Waals surface area contributed by atoms with Crippen molar-refractivity contribution in [2.45, 2.75) is 36.8 Å². The van der Waals surface area contributed by atoms with E-state index in [-0.39, 0.29) is 23.3 Å². The second-order valence-electron chi connectivity index (χ2n) is 7.48. The van der Waals surface area contributed by atoms with Crippen molar-refractivity contribution in [1.82, 2.24) is 14.8 Å². The fourth-order valence-corrected chi connectivity index (χ4v) is 4.26. The number of rotatable bonds is 7. The minimum atomic E-state index is -4.49. The number of phenolic OH excluding ortho intramolecular Hbond substituents is 1. The van der Waals surface area contributed by atoms with Gasteiger partial charge >= 0.3 is 6.18 Å². The number of alkyl halides is 3. The van der Waals surface area contributed by atoms with E-state index in [2.05, 4.69) is 15.5 Å². The molecule has 33 heavy (non-hydrogen) atoms. The lowest BCUT2D eigenvalue weighted by Gasteiger charge is -2.15. The van der Waals surface area contributed by atoms with Gasteiger partial charge in [-0.3, -0.25) is 9.36 Å². The normalized spacial score (nSPS) is 16.2. The van der Waals surface area contributed by atoms with Crippen molar-refractivity contribution in [2.24, 2.45) is 0 Å². The van der Waals surface area contributed by atoms with E-state index >= 15 is 0 Å². The van der Waals surface area contributed by atoms with Gasteiger partial charge < -0.3 is 15.2 Å². The minimum Gasteiger partial charge on any atom is -0.507 e. The summed E-state index contributed by atoms with van der Waals surface area (Å²) in [6.07, 6.45) is -2.71.